The fourth-order valence-electron chi connectivity index (χ4n) is 1.01. The Morgan fingerprint density at radius 2 is 2.50 bits per heavy atom. The van der Waals surface area contributed by atoms with Crippen molar-refractivity contribution in [3.05, 3.63) is 0 Å². The molecular formula is C6H13NO. The molecule has 8 heavy (non-hydrogen) atoms. The second kappa shape index (κ2) is 2.46. The summed E-state index contributed by atoms with van der Waals surface area (Å²) in [5.41, 5.74) is 0. The Labute approximate surface area is 50.1 Å². The predicted molar refractivity (Wildman–Crippen MR) is 32.7 cm³/mol. The summed E-state index contributed by atoms with van der Waals surface area (Å²) in [6, 6.07) is 0.794. The van der Waals surface area contributed by atoms with E-state index < -0.39 is 0 Å². The Bertz CT molecular complexity index is 74.9. The maximum absolute atomic E-state index is 8.45. The minimum Gasteiger partial charge on any atom is -0.395 e. The Morgan fingerprint density at radius 3 is 2.88 bits per heavy atom. The Hall–Kier alpha value is -0.0800. The Balaban J connectivity index is 1.99. The van der Waals surface area contributed by atoms with Gasteiger partial charge >= 0.3 is 0 Å². The molecule has 1 unspecified atom stereocenters. The van der Waals surface area contributed by atoms with Crippen molar-refractivity contribution in [2.24, 2.45) is 0 Å². The van der Waals surface area contributed by atoms with Gasteiger partial charge in [-0.15, -0.1) is 0 Å². The van der Waals surface area contributed by atoms with Crippen LogP contribution in [-0.2, 0) is 0 Å². The van der Waals surface area contributed by atoms with Crippen LogP contribution >= 0.6 is 0 Å². The van der Waals surface area contributed by atoms with E-state index in [1.54, 1.807) is 0 Å². The van der Waals surface area contributed by atoms with Crippen molar-refractivity contribution < 1.29 is 5.11 Å². The molecule has 0 aromatic rings. The summed E-state index contributed by atoms with van der Waals surface area (Å²) in [5.74, 6) is 0. The molecule has 1 saturated heterocycles. The van der Waals surface area contributed by atoms with Crippen LogP contribution in [0.5, 0.6) is 0 Å². The fourth-order valence-corrected chi connectivity index (χ4v) is 1.01. The van der Waals surface area contributed by atoms with Gasteiger partial charge in [-0.2, -0.15) is 0 Å². The number of rotatable bonds is 3. The molecule has 0 aliphatic carbocycles. The van der Waals surface area contributed by atoms with Gasteiger partial charge in [-0.3, -0.25) is 4.90 Å². The summed E-state index contributed by atoms with van der Waals surface area (Å²) in [6.45, 7) is 4.58. The summed E-state index contributed by atoms with van der Waals surface area (Å²) in [5, 5.41) is 8.45. The van der Waals surface area contributed by atoms with Crippen LogP contribution in [0.2, 0.25) is 0 Å². The molecule has 0 aromatic heterocycles. The lowest BCUT2D eigenvalue weighted by atomic mass is 10.4. The number of β-amino-alcohol motifs (C(OH)–C–C–N with tert-alkyl or cyclic N) is 1. The largest absolute Gasteiger partial charge is 0.395 e. The van der Waals surface area contributed by atoms with Gasteiger partial charge in [-0.25, -0.2) is 0 Å². The first-order valence-electron chi connectivity index (χ1n) is 3.23. The monoisotopic (exact) mass is 115 g/mol. The van der Waals surface area contributed by atoms with Gasteiger partial charge in [0.1, 0.15) is 0 Å². The third-order valence-electron chi connectivity index (χ3n) is 1.69. The Morgan fingerprint density at radius 1 is 1.75 bits per heavy atom. The number of nitrogens with zero attached hydrogens (tertiary/aromatic N) is 1. The van der Waals surface area contributed by atoms with Crippen molar-refractivity contribution in [2.75, 3.05) is 19.7 Å². The second-order valence-corrected chi connectivity index (χ2v) is 2.28. The summed E-state index contributed by atoms with van der Waals surface area (Å²) in [4.78, 5) is 2.28. The maximum atomic E-state index is 8.45. The SMILES string of the molecule is CC[C@@H]1CN1CCO. The van der Waals surface area contributed by atoms with E-state index in [4.69, 9.17) is 5.11 Å². The van der Waals surface area contributed by atoms with Crippen LogP contribution < -0.4 is 0 Å². The number of aliphatic hydroxyl groups is 1. The van der Waals surface area contributed by atoms with Crippen LogP contribution in [0.25, 0.3) is 0 Å². The average molecular weight is 115 g/mol. The summed E-state index contributed by atoms with van der Waals surface area (Å²) < 4.78 is 0. The molecule has 1 aliphatic rings. The molecular weight excluding hydrogens is 102 g/mol. The van der Waals surface area contributed by atoms with Crippen LogP contribution in [0.3, 0.4) is 0 Å². The minimum absolute atomic E-state index is 0.316. The zero-order valence-corrected chi connectivity index (χ0v) is 5.30. The normalized spacial score (nSPS) is 35.2. The van der Waals surface area contributed by atoms with E-state index in [0.29, 0.717) is 6.61 Å². The number of aliphatic hydroxyl groups excluding tert-OH is 1. The van der Waals surface area contributed by atoms with Crippen molar-refractivity contribution in [1.82, 2.24) is 4.90 Å². The van der Waals surface area contributed by atoms with Crippen LogP contribution in [0.15, 0.2) is 0 Å². The van der Waals surface area contributed by atoms with Crippen LogP contribution in [0, 0.1) is 0 Å². The summed E-state index contributed by atoms with van der Waals surface area (Å²) >= 11 is 0. The topological polar surface area (TPSA) is 23.2 Å². The van der Waals surface area contributed by atoms with E-state index in [9.17, 15) is 0 Å². The predicted octanol–water partition coefficient (Wildman–Crippen LogP) is 0.0729. The summed E-state index contributed by atoms with van der Waals surface area (Å²) in [6.07, 6.45) is 1.24. The molecule has 1 rings (SSSR count). The van der Waals surface area contributed by atoms with E-state index in [1.807, 2.05) is 0 Å². The highest BCUT2D eigenvalue weighted by Gasteiger charge is 2.30. The first kappa shape index (κ1) is 6.05. The molecule has 0 saturated carbocycles. The lowest BCUT2D eigenvalue weighted by Gasteiger charge is -1.95. The summed E-state index contributed by atoms with van der Waals surface area (Å²) in [7, 11) is 0. The zero-order chi connectivity index (χ0) is 5.98. The van der Waals surface area contributed by atoms with Gasteiger partial charge in [-0.05, 0) is 6.42 Å². The molecule has 2 atom stereocenters. The van der Waals surface area contributed by atoms with Crippen LogP contribution in [0.1, 0.15) is 13.3 Å². The van der Waals surface area contributed by atoms with Crippen molar-refractivity contribution in [2.45, 2.75) is 19.4 Å². The van der Waals surface area contributed by atoms with Gasteiger partial charge < -0.3 is 5.11 Å². The maximum Gasteiger partial charge on any atom is 0.0558 e. The molecule has 2 nitrogen and oxygen atoms in total. The quantitative estimate of drug-likeness (QED) is 0.526. The highest BCUT2D eigenvalue weighted by molar-refractivity contribution is 4.86. The molecule has 1 heterocycles. The zero-order valence-electron chi connectivity index (χ0n) is 5.30. The van der Waals surface area contributed by atoms with Gasteiger partial charge in [0.05, 0.1) is 6.61 Å². The van der Waals surface area contributed by atoms with E-state index in [-0.39, 0.29) is 0 Å². The molecule has 1 N–H and O–H groups in total. The van der Waals surface area contributed by atoms with Gasteiger partial charge in [0.15, 0.2) is 0 Å². The van der Waals surface area contributed by atoms with Gasteiger partial charge in [-0.1, -0.05) is 6.92 Å². The van der Waals surface area contributed by atoms with E-state index in [1.165, 1.54) is 13.0 Å². The Kier molecular flexibility index (Phi) is 1.86. The second-order valence-electron chi connectivity index (χ2n) is 2.28. The molecule has 0 spiro atoms. The molecule has 0 aromatic carbocycles. The van der Waals surface area contributed by atoms with Crippen molar-refractivity contribution in [1.29, 1.82) is 0 Å². The smallest absolute Gasteiger partial charge is 0.0558 e. The standard InChI is InChI=1S/C6H13NO/c1-2-6-5-7(6)3-4-8/h6,8H,2-5H2,1H3/t6-,7?/m1/s1. The first-order valence-corrected chi connectivity index (χ1v) is 3.23. The highest BCUT2D eigenvalue weighted by atomic mass is 16.3. The third-order valence-corrected chi connectivity index (χ3v) is 1.69. The molecule has 48 valence electrons. The van der Waals surface area contributed by atoms with Gasteiger partial charge in [0, 0.05) is 19.1 Å². The molecule has 1 fully saturated rings. The van der Waals surface area contributed by atoms with Crippen molar-refractivity contribution in [3.8, 4) is 0 Å². The number of hydrogen-bond donors (Lipinski definition) is 1. The van der Waals surface area contributed by atoms with Crippen LogP contribution in [0.4, 0.5) is 0 Å². The average Bonchev–Trinajstić information content (AvgIpc) is 2.48. The van der Waals surface area contributed by atoms with Crippen LogP contribution in [-0.4, -0.2) is 35.7 Å². The van der Waals surface area contributed by atoms with Crippen molar-refractivity contribution in [3.63, 3.8) is 0 Å². The van der Waals surface area contributed by atoms with Crippen molar-refractivity contribution >= 4 is 0 Å². The van der Waals surface area contributed by atoms with E-state index in [2.05, 4.69) is 11.8 Å². The lowest BCUT2D eigenvalue weighted by Crippen LogP contribution is -2.06. The number of hydrogen-bond acceptors (Lipinski definition) is 2. The molecule has 2 heteroatoms. The van der Waals surface area contributed by atoms with Gasteiger partial charge in [0.25, 0.3) is 0 Å². The fraction of sp³-hybridized carbons (Fsp3) is 1.00. The molecule has 0 radical (unpaired) electrons. The highest BCUT2D eigenvalue weighted by Crippen LogP contribution is 2.18. The third kappa shape index (κ3) is 1.20. The van der Waals surface area contributed by atoms with E-state index in [0.717, 1.165) is 12.6 Å². The molecule has 0 bridgehead atoms. The molecule has 1 aliphatic heterocycles. The molecule has 0 amide bonds. The lowest BCUT2D eigenvalue weighted by molar-refractivity contribution is 0.264. The van der Waals surface area contributed by atoms with E-state index >= 15 is 0 Å². The van der Waals surface area contributed by atoms with Gasteiger partial charge in [0.2, 0.25) is 0 Å². The minimum atomic E-state index is 0.316. The first-order chi connectivity index (χ1) is 3.88.